The molecule has 1 fully saturated rings. The number of aliphatic hydroxyl groups is 1. The molecule has 0 saturated carbocycles. The summed E-state index contributed by atoms with van der Waals surface area (Å²) in [5, 5.41) is 14.6. The van der Waals surface area contributed by atoms with Crippen molar-refractivity contribution in [3.63, 3.8) is 0 Å². The normalized spacial score (nSPS) is 24.1. The number of nitrogens with one attached hydrogen (secondary N) is 1. The molecule has 1 aromatic heterocycles. The molecule has 0 bridgehead atoms. The van der Waals surface area contributed by atoms with Gasteiger partial charge in [-0.05, 0) is 65.6 Å². The van der Waals surface area contributed by atoms with E-state index in [1.54, 1.807) is 42.5 Å². The lowest BCUT2D eigenvalue weighted by atomic mass is 9.82. The molecule has 3 aliphatic heterocycles. The summed E-state index contributed by atoms with van der Waals surface area (Å²) in [5.41, 5.74) is 2.14. The topological polar surface area (TPSA) is 119 Å². The maximum absolute atomic E-state index is 14.4. The summed E-state index contributed by atoms with van der Waals surface area (Å²) in [5.74, 6) is 0.220. The summed E-state index contributed by atoms with van der Waals surface area (Å²) in [7, 11) is 0.589. The summed E-state index contributed by atoms with van der Waals surface area (Å²) >= 11 is 0. The van der Waals surface area contributed by atoms with E-state index in [0.717, 1.165) is 22.1 Å². The Balaban J connectivity index is 1.31. The number of aromatic nitrogens is 1. The van der Waals surface area contributed by atoms with Crippen LogP contribution in [0, 0.1) is 5.92 Å². The molecular weight excluding hydrogens is 651 g/mol. The van der Waals surface area contributed by atoms with Crippen molar-refractivity contribution in [1.82, 2.24) is 9.47 Å². The van der Waals surface area contributed by atoms with Gasteiger partial charge in [-0.1, -0.05) is 61.6 Å². The number of benzene rings is 3. The highest BCUT2D eigenvalue weighted by Crippen LogP contribution is 2.59. The fourth-order valence-electron chi connectivity index (χ4n) is 8.64. The third kappa shape index (κ3) is 5.35. The number of methoxy groups -OCH3 is 2. The van der Waals surface area contributed by atoms with Crippen molar-refractivity contribution in [2.45, 2.75) is 62.7 Å². The largest absolute Gasteiger partial charge is 0.497 e. The Morgan fingerprint density at radius 1 is 1.00 bits per heavy atom. The van der Waals surface area contributed by atoms with Gasteiger partial charge in [-0.25, -0.2) is 0 Å². The lowest BCUT2D eigenvalue weighted by Gasteiger charge is -2.39. The van der Waals surface area contributed by atoms with E-state index in [-0.39, 0.29) is 53.7 Å². The summed E-state index contributed by atoms with van der Waals surface area (Å²) in [4.78, 5) is 43.7. The summed E-state index contributed by atoms with van der Waals surface area (Å²) in [6.07, 6.45) is 1.69. The minimum absolute atomic E-state index is 0.0552. The van der Waals surface area contributed by atoms with Crippen LogP contribution in [0.2, 0.25) is 18.6 Å². The number of aliphatic hydroxyl groups excluding tert-OH is 1. The summed E-state index contributed by atoms with van der Waals surface area (Å²) < 4.78 is 19.3. The van der Waals surface area contributed by atoms with Gasteiger partial charge >= 0.3 is 0 Å². The molecule has 2 amide bonds. The molecule has 50 heavy (non-hydrogen) atoms. The Kier molecular flexibility index (Phi) is 8.69. The number of pyridine rings is 1. The molecule has 0 unspecified atom stereocenters. The predicted molar refractivity (Wildman–Crippen MR) is 193 cm³/mol. The number of ether oxygens (including phenoxy) is 3. The Hall–Kier alpha value is -4.71. The first-order valence-corrected chi connectivity index (χ1v) is 20.1. The van der Waals surface area contributed by atoms with E-state index < -0.39 is 19.8 Å². The predicted octanol–water partition coefficient (Wildman–Crippen LogP) is 4.36. The van der Waals surface area contributed by atoms with Crippen molar-refractivity contribution < 1.29 is 28.9 Å². The molecular formula is C39H43N3O7Si. The van der Waals surface area contributed by atoms with Gasteiger partial charge in [0.1, 0.15) is 5.75 Å². The number of amides is 2. The molecule has 7 rings (SSSR count). The monoisotopic (exact) mass is 693 g/mol. The van der Waals surface area contributed by atoms with Crippen LogP contribution in [-0.2, 0) is 32.9 Å². The Labute approximate surface area is 292 Å². The van der Waals surface area contributed by atoms with Gasteiger partial charge in [0.05, 0.1) is 47.5 Å². The fraction of sp³-hybridized carbons (Fsp3) is 0.359. The summed E-state index contributed by atoms with van der Waals surface area (Å²) in [6, 6.07) is 24.5. The van der Waals surface area contributed by atoms with Gasteiger partial charge in [0.25, 0.3) is 11.5 Å². The zero-order valence-corrected chi connectivity index (χ0v) is 30.0. The number of carbonyl (C=O) groups is 2. The second kappa shape index (κ2) is 12.9. The third-order valence-electron chi connectivity index (χ3n) is 11.2. The minimum atomic E-state index is -2.50. The van der Waals surface area contributed by atoms with Gasteiger partial charge < -0.3 is 29.5 Å². The molecule has 4 aromatic rings. The number of hydrogen-bond donors (Lipinski definition) is 2. The van der Waals surface area contributed by atoms with Crippen molar-refractivity contribution >= 4 is 30.8 Å². The molecule has 1 spiro atoms. The number of hydrogen-bond acceptors (Lipinski definition) is 7. The quantitative estimate of drug-likeness (QED) is 0.264. The molecule has 0 radical (unpaired) electrons. The van der Waals surface area contributed by atoms with Gasteiger partial charge in [0.15, 0.2) is 11.4 Å². The van der Waals surface area contributed by atoms with Crippen LogP contribution in [0.1, 0.15) is 30.0 Å². The standard InChI is InChI=1S/C39H43N3O7Si/c1-24-36(50(4,5)30-15-13-29(47-2)14-16-30)34(21-35(44)42-22-26-10-7-6-9-25(26)19-28(42)23-43)49-39(24)31-20-27(12-17-32(31)40-38(39)46)41-18-8-11-33(48-3)37(41)45/h6-18,20,24,28,34,36,43H,19,21-23H2,1-5H3,(H,40,46)/t24-,28-,34+,36-,39+/m0/s1. The zero-order valence-electron chi connectivity index (χ0n) is 29.0. The lowest BCUT2D eigenvalue weighted by molar-refractivity contribution is -0.149. The van der Waals surface area contributed by atoms with E-state index in [1.165, 1.54) is 11.7 Å². The van der Waals surface area contributed by atoms with Gasteiger partial charge in [-0.2, -0.15) is 0 Å². The van der Waals surface area contributed by atoms with Crippen molar-refractivity contribution in [2.24, 2.45) is 5.92 Å². The van der Waals surface area contributed by atoms with Crippen LogP contribution in [0.25, 0.3) is 5.69 Å². The van der Waals surface area contributed by atoms with Crippen LogP contribution in [0.4, 0.5) is 5.69 Å². The number of anilines is 1. The third-order valence-corrected chi connectivity index (χ3v) is 15.6. The molecule has 3 aliphatic rings. The number of fused-ring (bicyclic) bond motifs is 3. The van der Waals surface area contributed by atoms with E-state index in [1.807, 2.05) is 42.5 Å². The van der Waals surface area contributed by atoms with Crippen LogP contribution >= 0.6 is 0 Å². The molecule has 0 aliphatic carbocycles. The highest BCUT2D eigenvalue weighted by molar-refractivity contribution is 6.91. The SMILES string of the molecule is COc1ccc([Si](C)(C)[C@@H]2[C@@H](CC(=O)N3Cc4ccccc4C[C@H]3CO)O[C@]3(C(=O)Nc4ccc(-n5cccc(OC)c5=O)cc43)[C@H]2C)cc1. The average molecular weight is 694 g/mol. The Morgan fingerprint density at radius 2 is 1.74 bits per heavy atom. The molecule has 5 atom stereocenters. The maximum Gasteiger partial charge on any atom is 0.297 e. The van der Waals surface area contributed by atoms with Gasteiger partial charge in [-0.3, -0.25) is 19.0 Å². The second-order valence-corrected chi connectivity index (χ2v) is 18.8. The minimum Gasteiger partial charge on any atom is -0.497 e. The van der Waals surface area contributed by atoms with E-state index in [0.29, 0.717) is 29.9 Å². The highest BCUT2D eigenvalue weighted by Gasteiger charge is 2.65. The van der Waals surface area contributed by atoms with Crippen molar-refractivity contribution in [3.8, 4) is 17.2 Å². The fourth-order valence-corrected chi connectivity index (χ4v) is 12.6. The van der Waals surface area contributed by atoms with Crippen LogP contribution in [0.3, 0.4) is 0 Å². The number of rotatable bonds is 8. The first-order valence-electron chi connectivity index (χ1n) is 17.0. The molecule has 10 nitrogen and oxygen atoms in total. The van der Waals surface area contributed by atoms with Crippen LogP contribution in [0.5, 0.6) is 11.5 Å². The van der Waals surface area contributed by atoms with Crippen molar-refractivity contribution in [1.29, 1.82) is 0 Å². The maximum atomic E-state index is 14.4. The molecule has 260 valence electrons. The van der Waals surface area contributed by atoms with Crippen molar-refractivity contribution in [3.05, 3.63) is 112 Å². The van der Waals surface area contributed by atoms with E-state index in [2.05, 4.69) is 37.5 Å². The van der Waals surface area contributed by atoms with Crippen LogP contribution < -0.4 is 25.5 Å². The molecule has 11 heteroatoms. The Morgan fingerprint density at radius 3 is 2.44 bits per heavy atom. The second-order valence-electron chi connectivity index (χ2n) is 14.1. The molecule has 2 N–H and O–H groups in total. The smallest absolute Gasteiger partial charge is 0.297 e. The van der Waals surface area contributed by atoms with E-state index in [4.69, 9.17) is 14.2 Å². The van der Waals surface area contributed by atoms with Crippen LogP contribution in [-0.4, -0.2) is 67.4 Å². The number of carbonyl (C=O) groups excluding carboxylic acids is 2. The average Bonchev–Trinajstić information content (AvgIpc) is 3.59. The van der Waals surface area contributed by atoms with E-state index in [9.17, 15) is 19.5 Å². The molecule has 4 heterocycles. The lowest BCUT2D eigenvalue weighted by Crippen LogP contribution is -2.52. The highest BCUT2D eigenvalue weighted by atomic mass is 28.3. The Bertz CT molecular complexity index is 2010. The first-order chi connectivity index (χ1) is 24.0. The molecule has 3 aromatic carbocycles. The van der Waals surface area contributed by atoms with Crippen LogP contribution in [0.15, 0.2) is 89.9 Å². The van der Waals surface area contributed by atoms with Gasteiger partial charge in [-0.15, -0.1) is 0 Å². The van der Waals surface area contributed by atoms with Gasteiger partial charge in [0, 0.05) is 35.6 Å². The zero-order chi connectivity index (χ0) is 35.4. The van der Waals surface area contributed by atoms with Gasteiger partial charge in [0.2, 0.25) is 5.91 Å². The molecule has 1 saturated heterocycles. The first kappa shape index (κ1) is 33.8. The number of nitrogens with zero attached hydrogens (tertiary/aromatic N) is 2. The summed E-state index contributed by atoms with van der Waals surface area (Å²) in [6.45, 7) is 6.84. The van der Waals surface area contributed by atoms with E-state index >= 15 is 0 Å². The van der Waals surface area contributed by atoms with Crippen molar-refractivity contribution in [2.75, 3.05) is 26.1 Å².